The van der Waals surface area contributed by atoms with Gasteiger partial charge in [0.15, 0.2) is 11.5 Å². The van der Waals surface area contributed by atoms with E-state index >= 15 is 0 Å². The minimum Gasteiger partial charge on any atom is -0.452 e. The zero-order chi connectivity index (χ0) is 18.5. The molecule has 4 heteroatoms. The Bertz CT molecular complexity index is 1190. The van der Waals surface area contributed by atoms with Crippen molar-refractivity contribution in [3.8, 4) is 11.5 Å². The van der Waals surface area contributed by atoms with Gasteiger partial charge in [-0.3, -0.25) is 4.99 Å². The molecule has 0 fully saturated rings. The summed E-state index contributed by atoms with van der Waals surface area (Å²) in [6, 6.07) is 12.9. The molecule has 0 unspecified atom stereocenters. The van der Waals surface area contributed by atoms with Crippen molar-refractivity contribution in [2.24, 2.45) is 9.98 Å². The Morgan fingerprint density at radius 3 is 2.74 bits per heavy atom. The van der Waals surface area contributed by atoms with Gasteiger partial charge in [-0.1, -0.05) is 6.07 Å². The van der Waals surface area contributed by atoms with Gasteiger partial charge in [0.1, 0.15) is 11.0 Å². The molecule has 0 aromatic heterocycles. The molecule has 0 N–H and O–H groups in total. The van der Waals surface area contributed by atoms with Gasteiger partial charge < -0.3 is 9.64 Å². The van der Waals surface area contributed by atoms with Gasteiger partial charge >= 0.3 is 0 Å². The van der Waals surface area contributed by atoms with Gasteiger partial charge in [-0.25, -0.2) is 4.99 Å². The Kier molecular flexibility index (Phi) is 3.67. The van der Waals surface area contributed by atoms with Crippen molar-refractivity contribution in [2.45, 2.75) is 27.2 Å². The first kappa shape index (κ1) is 16.3. The third-order valence-corrected chi connectivity index (χ3v) is 5.77. The number of hydrogen-bond acceptors (Lipinski definition) is 4. The fourth-order valence-corrected chi connectivity index (χ4v) is 4.25. The van der Waals surface area contributed by atoms with Gasteiger partial charge in [-0.05, 0) is 68.0 Å². The van der Waals surface area contributed by atoms with Crippen LogP contribution in [-0.4, -0.2) is 19.6 Å². The van der Waals surface area contributed by atoms with Crippen LogP contribution in [0.25, 0.3) is 10.8 Å². The number of benzene rings is 3. The van der Waals surface area contributed by atoms with E-state index in [1.807, 2.05) is 0 Å². The minimum absolute atomic E-state index is 0.824. The molecule has 0 bridgehead atoms. The first-order chi connectivity index (χ1) is 13.2. The number of anilines is 1. The van der Waals surface area contributed by atoms with E-state index in [2.05, 4.69) is 67.1 Å². The lowest BCUT2D eigenvalue weighted by atomic mass is 10.0. The molecule has 3 aromatic rings. The summed E-state index contributed by atoms with van der Waals surface area (Å²) >= 11 is 0. The topological polar surface area (TPSA) is 37.2 Å². The average Bonchev–Trinajstić information content (AvgIpc) is 3.16. The summed E-state index contributed by atoms with van der Waals surface area (Å²) in [5, 5.41) is 4.30. The molecule has 0 aliphatic carbocycles. The van der Waals surface area contributed by atoms with Gasteiger partial charge in [0, 0.05) is 36.8 Å². The van der Waals surface area contributed by atoms with Crippen LogP contribution >= 0.6 is 0 Å². The molecule has 0 saturated heterocycles. The number of ether oxygens (including phenoxy) is 1. The van der Waals surface area contributed by atoms with Crippen LogP contribution in [0, 0.1) is 6.92 Å². The monoisotopic (exact) mass is 357 g/mol. The molecular formula is C23H23N3O. The highest BCUT2D eigenvalue weighted by Gasteiger charge is 2.20. The van der Waals surface area contributed by atoms with Crippen molar-refractivity contribution in [3.05, 3.63) is 58.2 Å². The van der Waals surface area contributed by atoms with Crippen LogP contribution in [0.2, 0.25) is 0 Å². The number of fused-ring (bicyclic) bond motifs is 5. The van der Waals surface area contributed by atoms with E-state index in [0.717, 1.165) is 59.3 Å². The first-order valence-corrected chi connectivity index (χ1v) is 9.75. The van der Waals surface area contributed by atoms with E-state index in [4.69, 9.17) is 9.73 Å². The molecule has 5 rings (SSSR count). The number of nitrogens with zero attached hydrogens (tertiary/aromatic N) is 3. The molecular weight excluding hydrogens is 334 g/mol. The predicted molar refractivity (Wildman–Crippen MR) is 109 cm³/mol. The van der Waals surface area contributed by atoms with Crippen molar-refractivity contribution in [1.29, 1.82) is 0 Å². The summed E-state index contributed by atoms with van der Waals surface area (Å²) < 4.78 is 6.38. The summed E-state index contributed by atoms with van der Waals surface area (Å²) in [6.45, 7) is 9.37. The normalized spacial score (nSPS) is 13.9. The first-order valence-electron chi connectivity index (χ1n) is 9.75. The van der Waals surface area contributed by atoms with Gasteiger partial charge in [0.2, 0.25) is 0 Å². The second kappa shape index (κ2) is 6.08. The molecule has 0 radical (unpaired) electrons. The zero-order valence-electron chi connectivity index (χ0n) is 16.0. The van der Waals surface area contributed by atoms with E-state index in [-0.39, 0.29) is 0 Å². The summed E-state index contributed by atoms with van der Waals surface area (Å²) in [6.07, 6.45) is 1.00. The highest BCUT2D eigenvalue weighted by Crippen LogP contribution is 2.41. The molecule has 2 aliphatic rings. The highest BCUT2D eigenvalue weighted by molar-refractivity contribution is 5.95. The van der Waals surface area contributed by atoms with Gasteiger partial charge in [0.25, 0.3) is 0 Å². The highest BCUT2D eigenvalue weighted by atomic mass is 16.5. The van der Waals surface area contributed by atoms with Crippen LogP contribution in [0.1, 0.15) is 25.0 Å². The lowest BCUT2D eigenvalue weighted by Gasteiger charge is -2.22. The smallest absolute Gasteiger partial charge is 0.160 e. The Labute approximate surface area is 158 Å². The molecule has 0 atom stereocenters. The lowest BCUT2D eigenvalue weighted by molar-refractivity contribution is 0.473. The number of rotatable bonds is 3. The molecule has 2 aliphatic heterocycles. The third-order valence-electron chi connectivity index (χ3n) is 5.77. The number of hydrogen-bond donors (Lipinski definition) is 0. The predicted octanol–water partition coefficient (Wildman–Crippen LogP) is 4.23. The van der Waals surface area contributed by atoms with Crippen molar-refractivity contribution >= 4 is 22.1 Å². The van der Waals surface area contributed by atoms with Crippen molar-refractivity contribution < 1.29 is 4.74 Å². The Balaban J connectivity index is 1.70. The van der Waals surface area contributed by atoms with Crippen LogP contribution in [0.5, 0.6) is 11.5 Å². The van der Waals surface area contributed by atoms with E-state index in [1.165, 1.54) is 22.2 Å². The van der Waals surface area contributed by atoms with Gasteiger partial charge in [0.05, 0.1) is 5.36 Å². The second-order valence-corrected chi connectivity index (χ2v) is 7.18. The Morgan fingerprint density at radius 1 is 1.07 bits per heavy atom. The van der Waals surface area contributed by atoms with E-state index in [1.54, 1.807) is 0 Å². The molecule has 0 amide bonds. The fourth-order valence-electron chi connectivity index (χ4n) is 4.25. The SMILES string of the molecule is CCN(CC)c1ccc2c3c(ccc2c1)N=c1c(cc2c(c1C)CCN=2)O3. The van der Waals surface area contributed by atoms with Crippen LogP contribution in [0.15, 0.2) is 46.4 Å². The summed E-state index contributed by atoms with van der Waals surface area (Å²) in [7, 11) is 0. The lowest BCUT2D eigenvalue weighted by Crippen LogP contribution is -2.22. The van der Waals surface area contributed by atoms with Gasteiger partial charge in [-0.2, -0.15) is 0 Å². The minimum atomic E-state index is 0.824. The van der Waals surface area contributed by atoms with Crippen LogP contribution in [-0.2, 0) is 6.42 Å². The van der Waals surface area contributed by atoms with Gasteiger partial charge in [-0.15, -0.1) is 0 Å². The average molecular weight is 357 g/mol. The molecule has 2 heterocycles. The fraction of sp³-hybridized carbons (Fsp3) is 0.304. The molecule has 3 aromatic carbocycles. The van der Waals surface area contributed by atoms with E-state index in [0.29, 0.717) is 0 Å². The van der Waals surface area contributed by atoms with Crippen molar-refractivity contribution in [3.63, 3.8) is 0 Å². The maximum atomic E-state index is 6.38. The molecule has 4 nitrogen and oxygen atoms in total. The summed E-state index contributed by atoms with van der Waals surface area (Å²) in [5.41, 5.74) is 4.66. The quantitative estimate of drug-likeness (QED) is 0.550. The summed E-state index contributed by atoms with van der Waals surface area (Å²) in [4.78, 5) is 11.9. The molecule has 136 valence electrons. The van der Waals surface area contributed by atoms with Crippen molar-refractivity contribution in [2.75, 3.05) is 24.5 Å². The van der Waals surface area contributed by atoms with Crippen molar-refractivity contribution in [1.82, 2.24) is 0 Å². The van der Waals surface area contributed by atoms with Crippen LogP contribution in [0.3, 0.4) is 0 Å². The van der Waals surface area contributed by atoms with Crippen LogP contribution in [0.4, 0.5) is 11.4 Å². The summed E-state index contributed by atoms with van der Waals surface area (Å²) in [5.74, 6) is 1.67. The maximum Gasteiger partial charge on any atom is 0.160 e. The largest absolute Gasteiger partial charge is 0.452 e. The maximum absolute atomic E-state index is 6.38. The third kappa shape index (κ3) is 2.43. The standard InChI is InChI=1S/C23H23N3O/c1-4-26(5-2)16-7-8-18-15(12-16)6-9-19-23(18)27-21-13-20-17(10-11-24-20)14(3)22(21)25-19/h6-9,12-13H,4-5,10-11H2,1-3H3. The van der Waals surface area contributed by atoms with Crippen LogP contribution < -0.4 is 20.4 Å². The zero-order valence-corrected chi connectivity index (χ0v) is 16.0. The van der Waals surface area contributed by atoms with E-state index in [9.17, 15) is 0 Å². The van der Waals surface area contributed by atoms with E-state index < -0.39 is 0 Å². The Morgan fingerprint density at radius 2 is 1.93 bits per heavy atom. The second-order valence-electron chi connectivity index (χ2n) is 7.18. The molecule has 0 saturated carbocycles. The molecule has 0 spiro atoms. The molecule has 27 heavy (non-hydrogen) atoms. The Hall–Kier alpha value is -2.88.